The smallest absolute Gasteiger partial charge is 0.167 e. The van der Waals surface area contributed by atoms with Gasteiger partial charge >= 0.3 is 0 Å². The number of para-hydroxylation sites is 1. The highest BCUT2D eigenvalue weighted by molar-refractivity contribution is 5.80. The average Bonchev–Trinajstić information content (AvgIpc) is 3.56. The van der Waals surface area contributed by atoms with Crippen molar-refractivity contribution in [2.24, 2.45) is 5.92 Å². The van der Waals surface area contributed by atoms with Crippen LogP contribution in [0, 0.1) is 5.92 Å². The first kappa shape index (κ1) is 29.1. The van der Waals surface area contributed by atoms with Crippen molar-refractivity contribution in [3.05, 3.63) is 165 Å². The molecule has 1 aromatic carbocycles. The van der Waals surface area contributed by atoms with Crippen LogP contribution in [0.2, 0.25) is 0 Å². The topological polar surface area (TPSA) is 47.9 Å². The van der Waals surface area contributed by atoms with Crippen molar-refractivity contribution in [1.82, 2.24) is 15.0 Å². The molecular weight excluding hydrogens is 599 g/mol. The Hall–Kier alpha value is -4.83. The predicted molar refractivity (Wildman–Crippen MR) is 196 cm³/mol. The molecule has 4 heteroatoms. The van der Waals surface area contributed by atoms with Crippen molar-refractivity contribution in [1.29, 1.82) is 0 Å². The van der Waals surface area contributed by atoms with Gasteiger partial charge in [0.25, 0.3) is 0 Å². The molecule has 0 bridgehead atoms. The van der Waals surface area contributed by atoms with Gasteiger partial charge in [-0.2, -0.15) is 0 Å². The van der Waals surface area contributed by atoms with E-state index in [2.05, 4.69) is 97.2 Å². The van der Waals surface area contributed by atoms with Gasteiger partial charge in [-0.15, -0.1) is 0 Å². The minimum absolute atomic E-state index is 0.126. The SMILES string of the molecule is C1=CCCC(C2=CC(c3nc(C4=CC5=C(CC4)C4=C(CC5)C5=CC=CCC5CC4)nc(C4C=CC=CC4)n3)=C3Oc4ccccc4C3C2)=C1. The van der Waals surface area contributed by atoms with Crippen molar-refractivity contribution >= 4 is 11.1 Å². The summed E-state index contributed by atoms with van der Waals surface area (Å²) in [7, 11) is 0. The quantitative estimate of drug-likeness (QED) is 0.334. The first-order valence-electron chi connectivity index (χ1n) is 18.5. The number of ether oxygens (including phenoxy) is 1. The van der Waals surface area contributed by atoms with Gasteiger partial charge in [0.05, 0.1) is 11.5 Å². The predicted octanol–water partition coefficient (Wildman–Crippen LogP) is 10.8. The van der Waals surface area contributed by atoms with Gasteiger partial charge in [0, 0.05) is 11.5 Å². The second kappa shape index (κ2) is 11.9. The summed E-state index contributed by atoms with van der Waals surface area (Å²) in [5.74, 6) is 5.37. The third kappa shape index (κ3) is 5.07. The lowest BCUT2D eigenvalue weighted by Gasteiger charge is -2.37. The van der Waals surface area contributed by atoms with E-state index in [0.717, 1.165) is 91.8 Å². The van der Waals surface area contributed by atoms with Gasteiger partial charge in [-0.1, -0.05) is 85.0 Å². The maximum absolute atomic E-state index is 6.68. The highest BCUT2D eigenvalue weighted by Crippen LogP contribution is 2.52. The molecule has 0 amide bonds. The van der Waals surface area contributed by atoms with E-state index in [1.54, 1.807) is 22.3 Å². The molecule has 0 radical (unpaired) electrons. The molecule has 10 rings (SSSR count). The number of benzene rings is 1. The molecule has 242 valence electrons. The minimum Gasteiger partial charge on any atom is -0.460 e. The molecule has 0 saturated heterocycles. The molecule has 0 fully saturated rings. The van der Waals surface area contributed by atoms with Gasteiger partial charge in [0.15, 0.2) is 11.6 Å². The van der Waals surface area contributed by atoms with Crippen LogP contribution in [0.25, 0.3) is 11.1 Å². The van der Waals surface area contributed by atoms with Crippen LogP contribution in [0.15, 0.2) is 142 Å². The Labute approximate surface area is 289 Å². The number of hydrogen-bond acceptors (Lipinski definition) is 4. The zero-order chi connectivity index (χ0) is 32.3. The molecular formula is C45H41N3O. The van der Waals surface area contributed by atoms with Crippen LogP contribution in [0.3, 0.4) is 0 Å². The number of allylic oxidation sites excluding steroid dienone is 22. The summed E-state index contributed by atoms with van der Waals surface area (Å²) in [5, 5.41) is 0. The number of aromatic nitrogens is 3. The standard InChI is InChI=1S/C45H41N3O/c1-3-11-28(12-4-1)33-26-39-38-17-9-10-18-41(38)49-42(39)40(27-33)45-47-43(30-14-5-2-6-15-30)46-44(48-45)32-21-22-35-31(25-32)20-24-36-34-16-8-7-13-29(34)19-23-37(35)36/h1-3,5-11,14,16-18,25,27,29-30,39H,4,12-13,15,19-24,26H2. The molecule has 1 aliphatic heterocycles. The third-order valence-electron chi connectivity index (χ3n) is 11.9. The van der Waals surface area contributed by atoms with Crippen LogP contribution in [0.1, 0.15) is 106 Å². The van der Waals surface area contributed by atoms with Crippen LogP contribution in [-0.2, 0) is 0 Å². The average molecular weight is 640 g/mol. The van der Waals surface area contributed by atoms with E-state index in [0.29, 0.717) is 0 Å². The summed E-state index contributed by atoms with van der Waals surface area (Å²) < 4.78 is 6.68. The molecule has 0 saturated carbocycles. The molecule has 2 heterocycles. The monoisotopic (exact) mass is 639 g/mol. The number of rotatable bonds is 4. The lowest BCUT2D eigenvalue weighted by atomic mass is 9.68. The van der Waals surface area contributed by atoms with Crippen LogP contribution in [0.5, 0.6) is 5.75 Å². The van der Waals surface area contributed by atoms with Crippen LogP contribution in [-0.4, -0.2) is 15.0 Å². The van der Waals surface area contributed by atoms with E-state index in [1.165, 1.54) is 47.1 Å². The molecule has 8 aliphatic rings. The molecule has 0 spiro atoms. The Bertz CT molecular complexity index is 2140. The maximum Gasteiger partial charge on any atom is 0.167 e. The fraction of sp³-hybridized carbons (Fsp3) is 0.311. The Balaban J connectivity index is 1.10. The van der Waals surface area contributed by atoms with Crippen molar-refractivity contribution in [3.8, 4) is 5.75 Å². The van der Waals surface area contributed by atoms with Gasteiger partial charge in [-0.3, -0.25) is 0 Å². The van der Waals surface area contributed by atoms with Crippen molar-refractivity contribution < 1.29 is 4.74 Å². The fourth-order valence-corrected chi connectivity index (χ4v) is 9.39. The summed E-state index contributed by atoms with van der Waals surface area (Å²) in [6.45, 7) is 0. The van der Waals surface area contributed by atoms with E-state index in [4.69, 9.17) is 19.7 Å². The van der Waals surface area contributed by atoms with Gasteiger partial charge in [-0.05, 0) is 133 Å². The zero-order valence-corrected chi connectivity index (χ0v) is 28.0. The number of fused-ring (bicyclic) bond motifs is 6. The number of nitrogens with zero attached hydrogens (tertiary/aromatic N) is 3. The van der Waals surface area contributed by atoms with Gasteiger partial charge < -0.3 is 4.74 Å². The molecule has 49 heavy (non-hydrogen) atoms. The van der Waals surface area contributed by atoms with Crippen LogP contribution >= 0.6 is 0 Å². The Morgan fingerprint density at radius 2 is 1.57 bits per heavy atom. The maximum atomic E-state index is 6.68. The lowest BCUT2D eigenvalue weighted by molar-refractivity contribution is 0.426. The summed E-state index contributed by atoms with van der Waals surface area (Å²) in [6.07, 6.45) is 39.2. The summed E-state index contributed by atoms with van der Waals surface area (Å²) >= 11 is 0. The Morgan fingerprint density at radius 3 is 2.49 bits per heavy atom. The normalized spacial score (nSPS) is 26.6. The second-order valence-electron chi connectivity index (χ2n) is 14.7. The highest BCUT2D eigenvalue weighted by Gasteiger charge is 2.38. The van der Waals surface area contributed by atoms with Crippen LogP contribution < -0.4 is 4.74 Å². The van der Waals surface area contributed by atoms with Crippen LogP contribution in [0.4, 0.5) is 0 Å². The highest BCUT2D eigenvalue weighted by atomic mass is 16.5. The van der Waals surface area contributed by atoms with Gasteiger partial charge in [0.1, 0.15) is 17.3 Å². The molecule has 7 aliphatic carbocycles. The van der Waals surface area contributed by atoms with E-state index < -0.39 is 0 Å². The van der Waals surface area contributed by atoms with Gasteiger partial charge in [-0.25, -0.2) is 15.0 Å². The van der Waals surface area contributed by atoms with E-state index in [-0.39, 0.29) is 11.8 Å². The Morgan fingerprint density at radius 1 is 0.673 bits per heavy atom. The van der Waals surface area contributed by atoms with Crippen molar-refractivity contribution in [2.45, 2.75) is 82.5 Å². The first-order chi connectivity index (χ1) is 24.3. The summed E-state index contributed by atoms with van der Waals surface area (Å²) in [4.78, 5) is 15.9. The van der Waals surface area contributed by atoms with Crippen molar-refractivity contribution in [2.75, 3.05) is 0 Å². The lowest BCUT2D eigenvalue weighted by Crippen LogP contribution is -2.20. The number of hydrogen-bond donors (Lipinski definition) is 0. The fourth-order valence-electron chi connectivity index (χ4n) is 9.39. The van der Waals surface area contributed by atoms with E-state index in [1.807, 2.05) is 0 Å². The van der Waals surface area contributed by atoms with Gasteiger partial charge in [0.2, 0.25) is 0 Å². The third-order valence-corrected chi connectivity index (χ3v) is 11.9. The largest absolute Gasteiger partial charge is 0.460 e. The summed E-state index contributed by atoms with van der Waals surface area (Å²) in [5.41, 5.74) is 14.3. The molecule has 1 aromatic heterocycles. The van der Waals surface area contributed by atoms with E-state index in [9.17, 15) is 0 Å². The molecule has 0 N–H and O–H groups in total. The van der Waals surface area contributed by atoms with Crippen molar-refractivity contribution in [3.63, 3.8) is 0 Å². The summed E-state index contributed by atoms with van der Waals surface area (Å²) in [6, 6.07) is 8.52. The molecule has 3 unspecified atom stereocenters. The Kier molecular flexibility index (Phi) is 7.10. The molecule has 2 aromatic rings. The molecule has 3 atom stereocenters. The zero-order valence-electron chi connectivity index (χ0n) is 28.0. The first-order valence-corrected chi connectivity index (χ1v) is 18.5. The molecule has 4 nitrogen and oxygen atoms in total. The second-order valence-corrected chi connectivity index (χ2v) is 14.7. The minimum atomic E-state index is 0.126. The van der Waals surface area contributed by atoms with E-state index >= 15 is 0 Å².